The maximum Gasteiger partial charge on any atom is 0.258 e. The number of aryl methyl sites for hydroxylation is 1. The molecule has 0 aliphatic carbocycles. The summed E-state index contributed by atoms with van der Waals surface area (Å²) in [5.74, 6) is -1.50. The lowest BCUT2D eigenvalue weighted by Gasteiger charge is -2.23. The highest BCUT2D eigenvalue weighted by molar-refractivity contribution is 6.06. The third kappa shape index (κ3) is 6.38. The van der Waals surface area contributed by atoms with Gasteiger partial charge in [0, 0.05) is 16.9 Å². The van der Waals surface area contributed by atoms with Crippen molar-refractivity contribution in [2.45, 2.75) is 19.9 Å². The lowest BCUT2D eigenvalue weighted by molar-refractivity contribution is -0.115. The molecular formula is C29H24F2N2O2. The van der Waals surface area contributed by atoms with Crippen molar-refractivity contribution in [3.63, 3.8) is 0 Å². The molecule has 4 nitrogen and oxygen atoms in total. The zero-order valence-corrected chi connectivity index (χ0v) is 19.2. The minimum absolute atomic E-state index is 0.0975. The van der Waals surface area contributed by atoms with Gasteiger partial charge in [-0.25, -0.2) is 8.78 Å². The Morgan fingerprint density at radius 3 is 2.14 bits per heavy atom. The van der Waals surface area contributed by atoms with E-state index < -0.39 is 17.5 Å². The molecule has 2 amide bonds. The summed E-state index contributed by atoms with van der Waals surface area (Å²) >= 11 is 0. The second-order valence-electron chi connectivity index (χ2n) is 8.29. The molecule has 0 aliphatic rings. The van der Waals surface area contributed by atoms with Crippen LogP contribution in [-0.2, 0) is 17.8 Å². The number of hydrogen-bond acceptors (Lipinski definition) is 2. The molecule has 4 aromatic carbocycles. The van der Waals surface area contributed by atoms with E-state index in [1.807, 2.05) is 31.2 Å². The van der Waals surface area contributed by atoms with Crippen molar-refractivity contribution in [2.24, 2.45) is 0 Å². The summed E-state index contributed by atoms with van der Waals surface area (Å²) in [7, 11) is 0. The first-order valence-electron chi connectivity index (χ1n) is 11.1. The van der Waals surface area contributed by atoms with Gasteiger partial charge in [0.05, 0.1) is 13.0 Å². The summed E-state index contributed by atoms with van der Waals surface area (Å²) in [6.07, 6.45) is 0.163. The predicted octanol–water partition coefficient (Wildman–Crippen LogP) is 6.30. The Hall–Kier alpha value is -4.32. The standard InChI is InChI=1S/C29H24F2N2O2/c1-20-5-2-10-26(15-20)32-28(34)17-21-11-13-27(14-12-21)33(19-22-6-3-8-24(30)16-22)29(35)23-7-4-9-25(31)18-23/h2-16,18H,17,19H2,1H3,(H,32,34). The lowest BCUT2D eigenvalue weighted by atomic mass is 10.1. The van der Waals surface area contributed by atoms with Crippen LogP contribution in [0.1, 0.15) is 27.0 Å². The number of benzene rings is 4. The fourth-order valence-electron chi connectivity index (χ4n) is 3.78. The maximum atomic E-state index is 13.8. The van der Waals surface area contributed by atoms with Gasteiger partial charge in [0.15, 0.2) is 0 Å². The highest BCUT2D eigenvalue weighted by Crippen LogP contribution is 2.22. The fraction of sp³-hybridized carbons (Fsp3) is 0.103. The van der Waals surface area contributed by atoms with E-state index in [-0.39, 0.29) is 24.4 Å². The van der Waals surface area contributed by atoms with Crippen LogP contribution in [0.5, 0.6) is 0 Å². The molecule has 0 radical (unpaired) electrons. The zero-order valence-electron chi connectivity index (χ0n) is 19.2. The van der Waals surface area contributed by atoms with Crippen LogP contribution in [0.3, 0.4) is 0 Å². The number of nitrogens with zero attached hydrogens (tertiary/aromatic N) is 1. The minimum atomic E-state index is -0.517. The van der Waals surface area contributed by atoms with E-state index in [2.05, 4.69) is 5.32 Å². The molecule has 4 rings (SSSR count). The zero-order chi connectivity index (χ0) is 24.8. The molecule has 0 spiro atoms. The molecule has 0 unspecified atom stereocenters. The van der Waals surface area contributed by atoms with E-state index in [1.54, 1.807) is 36.4 Å². The highest BCUT2D eigenvalue weighted by atomic mass is 19.1. The van der Waals surface area contributed by atoms with Crippen LogP contribution in [0.2, 0.25) is 0 Å². The Bertz CT molecular complexity index is 1350. The number of carbonyl (C=O) groups is 2. The minimum Gasteiger partial charge on any atom is -0.326 e. The average Bonchev–Trinajstić information content (AvgIpc) is 2.83. The topological polar surface area (TPSA) is 49.4 Å². The van der Waals surface area contributed by atoms with Crippen molar-refractivity contribution in [3.8, 4) is 0 Å². The van der Waals surface area contributed by atoms with E-state index in [0.29, 0.717) is 11.3 Å². The maximum absolute atomic E-state index is 13.8. The van der Waals surface area contributed by atoms with Crippen molar-refractivity contribution in [3.05, 3.63) is 131 Å². The van der Waals surface area contributed by atoms with E-state index in [9.17, 15) is 18.4 Å². The number of carbonyl (C=O) groups excluding carboxylic acids is 2. The molecule has 0 saturated carbocycles. The fourth-order valence-corrected chi connectivity index (χ4v) is 3.78. The van der Waals surface area contributed by atoms with Crippen LogP contribution in [0, 0.1) is 18.6 Å². The Labute approximate surface area is 202 Å². The van der Waals surface area contributed by atoms with Crippen molar-refractivity contribution in [1.29, 1.82) is 0 Å². The molecule has 6 heteroatoms. The van der Waals surface area contributed by atoms with Gasteiger partial charge >= 0.3 is 0 Å². The van der Waals surface area contributed by atoms with Crippen LogP contribution in [-0.4, -0.2) is 11.8 Å². The Kier molecular flexibility index (Phi) is 7.31. The molecule has 4 aromatic rings. The first-order valence-corrected chi connectivity index (χ1v) is 11.1. The van der Waals surface area contributed by atoms with Crippen molar-refractivity contribution < 1.29 is 18.4 Å². The number of halogens is 2. The summed E-state index contributed by atoms with van der Waals surface area (Å²) in [5.41, 5.74) is 3.87. The van der Waals surface area contributed by atoms with Crippen LogP contribution >= 0.6 is 0 Å². The predicted molar refractivity (Wildman–Crippen MR) is 133 cm³/mol. The van der Waals surface area contributed by atoms with Crippen LogP contribution in [0.15, 0.2) is 97.1 Å². The highest BCUT2D eigenvalue weighted by Gasteiger charge is 2.19. The second-order valence-corrected chi connectivity index (χ2v) is 8.29. The first kappa shape index (κ1) is 23.8. The van der Waals surface area contributed by atoms with Crippen LogP contribution in [0.4, 0.5) is 20.2 Å². The van der Waals surface area contributed by atoms with Crippen LogP contribution < -0.4 is 10.2 Å². The third-order valence-corrected chi connectivity index (χ3v) is 5.46. The van der Waals surface area contributed by atoms with Gasteiger partial charge in [0.25, 0.3) is 5.91 Å². The molecule has 0 aromatic heterocycles. The molecule has 0 fully saturated rings. The normalized spacial score (nSPS) is 10.6. The van der Waals surface area contributed by atoms with Gasteiger partial charge in [-0.05, 0) is 78.2 Å². The summed E-state index contributed by atoms with van der Waals surface area (Å²) in [5, 5.41) is 2.88. The van der Waals surface area contributed by atoms with Gasteiger partial charge in [-0.1, -0.05) is 42.5 Å². The molecule has 0 heterocycles. The number of nitrogens with one attached hydrogen (secondary N) is 1. The van der Waals surface area contributed by atoms with Gasteiger partial charge in [0.1, 0.15) is 11.6 Å². The Morgan fingerprint density at radius 2 is 1.46 bits per heavy atom. The molecular weight excluding hydrogens is 446 g/mol. The smallest absolute Gasteiger partial charge is 0.258 e. The summed E-state index contributed by atoms with van der Waals surface area (Å²) in [4.78, 5) is 27.2. The monoisotopic (exact) mass is 470 g/mol. The van der Waals surface area contributed by atoms with Gasteiger partial charge in [0.2, 0.25) is 5.91 Å². The molecule has 0 bridgehead atoms. The first-order chi connectivity index (χ1) is 16.9. The average molecular weight is 471 g/mol. The molecule has 0 aliphatic heterocycles. The van der Waals surface area contributed by atoms with E-state index >= 15 is 0 Å². The molecule has 0 saturated heterocycles. The van der Waals surface area contributed by atoms with Crippen molar-refractivity contribution >= 4 is 23.2 Å². The largest absolute Gasteiger partial charge is 0.326 e. The van der Waals surface area contributed by atoms with Crippen molar-refractivity contribution in [2.75, 3.05) is 10.2 Å². The molecule has 35 heavy (non-hydrogen) atoms. The van der Waals surface area contributed by atoms with E-state index in [0.717, 1.165) is 16.8 Å². The van der Waals surface area contributed by atoms with Gasteiger partial charge in [-0.3, -0.25) is 9.59 Å². The van der Waals surface area contributed by atoms with Gasteiger partial charge in [-0.15, -0.1) is 0 Å². The number of hydrogen-bond donors (Lipinski definition) is 1. The SMILES string of the molecule is Cc1cccc(NC(=O)Cc2ccc(N(Cc3cccc(F)c3)C(=O)c3cccc(F)c3)cc2)c1. The second kappa shape index (κ2) is 10.7. The quantitative estimate of drug-likeness (QED) is 0.345. The van der Waals surface area contributed by atoms with Crippen LogP contribution in [0.25, 0.3) is 0 Å². The summed E-state index contributed by atoms with van der Waals surface area (Å²) < 4.78 is 27.5. The Morgan fingerprint density at radius 1 is 0.771 bits per heavy atom. The van der Waals surface area contributed by atoms with E-state index in [4.69, 9.17) is 0 Å². The number of anilines is 2. The summed E-state index contributed by atoms with van der Waals surface area (Å²) in [6.45, 7) is 2.05. The van der Waals surface area contributed by atoms with Crippen molar-refractivity contribution in [1.82, 2.24) is 0 Å². The molecule has 1 N–H and O–H groups in total. The summed E-state index contributed by atoms with van der Waals surface area (Å²) in [6, 6.07) is 26.0. The number of rotatable bonds is 7. The van der Waals surface area contributed by atoms with E-state index in [1.165, 1.54) is 41.3 Å². The lowest BCUT2D eigenvalue weighted by Crippen LogP contribution is -2.30. The number of amides is 2. The third-order valence-electron chi connectivity index (χ3n) is 5.46. The Balaban J connectivity index is 1.54. The van der Waals surface area contributed by atoms with Gasteiger partial charge < -0.3 is 10.2 Å². The molecule has 176 valence electrons. The van der Waals surface area contributed by atoms with Gasteiger partial charge in [-0.2, -0.15) is 0 Å². The molecule has 0 atom stereocenters.